The lowest BCUT2D eigenvalue weighted by Crippen LogP contribution is -2.45. The highest BCUT2D eigenvalue weighted by Crippen LogP contribution is 2.18. The summed E-state index contributed by atoms with van der Waals surface area (Å²) in [6.45, 7) is 4.95. The second-order valence-electron chi connectivity index (χ2n) is 23.5. The van der Waals surface area contributed by atoms with Crippen LogP contribution in [-0.4, -0.2) is 47.4 Å². The average molecular weight is 1070 g/mol. The number of esters is 1. The van der Waals surface area contributed by atoms with Crippen LogP contribution in [0, 0.1) is 0 Å². The van der Waals surface area contributed by atoms with Crippen molar-refractivity contribution < 1.29 is 24.5 Å². The number of ether oxygens (including phenoxy) is 1. The standard InChI is InChI=1S/C70H133NO5/c1-3-5-7-9-11-13-15-17-19-21-26-30-34-38-42-46-50-54-58-62-68(73)67(66-72)71-69(74)63-59-55-51-47-43-39-35-31-28-24-23-25-29-33-37-41-45-49-53-57-61-65-76-70(75)64-60-56-52-48-44-40-36-32-27-22-20-18-16-14-12-10-8-6-4-2/h12,14,18,20,24,28,67-68,72-73H,3-11,13,15-17,19,21-23,25-27,29-66H2,1-2H3,(H,71,74)/b14-12-,20-18-,28-24-. The second-order valence-corrected chi connectivity index (χ2v) is 23.5. The fourth-order valence-corrected chi connectivity index (χ4v) is 10.7. The molecular weight excluding hydrogens is 935 g/mol. The number of nitrogens with one attached hydrogen (secondary N) is 1. The summed E-state index contributed by atoms with van der Waals surface area (Å²) in [5.74, 6) is -0.0346. The Morgan fingerprint density at radius 2 is 0.658 bits per heavy atom. The third-order valence-electron chi connectivity index (χ3n) is 15.9. The first kappa shape index (κ1) is 74.1. The number of hydrogen-bond donors (Lipinski definition) is 3. The first-order valence-corrected chi connectivity index (χ1v) is 34.2. The number of carbonyl (C=O) groups excluding carboxylic acids is 2. The van der Waals surface area contributed by atoms with Crippen LogP contribution in [-0.2, 0) is 14.3 Å². The van der Waals surface area contributed by atoms with Crippen LogP contribution in [0.25, 0.3) is 0 Å². The lowest BCUT2D eigenvalue weighted by molar-refractivity contribution is -0.143. The van der Waals surface area contributed by atoms with Gasteiger partial charge in [-0.2, -0.15) is 0 Å². The van der Waals surface area contributed by atoms with Gasteiger partial charge in [-0.3, -0.25) is 9.59 Å². The minimum atomic E-state index is -0.670. The van der Waals surface area contributed by atoms with Crippen molar-refractivity contribution >= 4 is 11.9 Å². The van der Waals surface area contributed by atoms with Crippen LogP contribution < -0.4 is 5.32 Å². The van der Waals surface area contributed by atoms with Crippen molar-refractivity contribution in [3.63, 3.8) is 0 Å². The third kappa shape index (κ3) is 61.3. The Balaban J connectivity index is 3.41. The van der Waals surface area contributed by atoms with Crippen molar-refractivity contribution in [1.82, 2.24) is 5.32 Å². The van der Waals surface area contributed by atoms with Gasteiger partial charge >= 0.3 is 5.97 Å². The average Bonchev–Trinajstić information content (AvgIpc) is 3.42. The van der Waals surface area contributed by atoms with E-state index in [0.29, 0.717) is 25.9 Å². The van der Waals surface area contributed by atoms with Gasteiger partial charge in [-0.25, -0.2) is 0 Å². The molecule has 2 unspecified atom stereocenters. The Morgan fingerprint density at radius 3 is 1.04 bits per heavy atom. The van der Waals surface area contributed by atoms with Gasteiger partial charge in [0.2, 0.25) is 5.91 Å². The molecule has 0 aromatic carbocycles. The van der Waals surface area contributed by atoms with E-state index in [-0.39, 0.29) is 18.5 Å². The van der Waals surface area contributed by atoms with Crippen LogP contribution in [0.15, 0.2) is 36.5 Å². The molecule has 0 saturated heterocycles. The Labute approximate surface area is 474 Å². The van der Waals surface area contributed by atoms with E-state index in [1.165, 1.54) is 289 Å². The molecule has 6 nitrogen and oxygen atoms in total. The monoisotopic (exact) mass is 1070 g/mol. The van der Waals surface area contributed by atoms with E-state index in [2.05, 4.69) is 55.6 Å². The number of amides is 1. The number of rotatable bonds is 64. The Kier molecular flexibility index (Phi) is 63.9. The van der Waals surface area contributed by atoms with E-state index in [0.717, 1.165) is 51.4 Å². The van der Waals surface area contributed by atoms with Gasteiger partial charge in [0.15, 0.2) is 0 Å². The van der Waals surface area contributed by atoms with Crippen LogP contribution in [0.2, 0.25) is 0 Å². The maximum Gasteiger partial charge on any atom is 0.305 e. The number of allylic oxidation sites excluding steroid dienone is 6. The molecule has 76 heavy (non-hydrogen) atoms. The number of unbranched alkanes of at least 4 members (excludes halogenated alkanes) is 47. The van der Waals surface area contributed by atoms with Crippen molar-refractivity contribution in [3.05, 3.63) is 36.5 Å². The van der Waals surface area contributed by atoms with Crippen molar-refractivity contribution in [2.75, 3.05) is 13.2 Å². The minimum absolute atomic E-state index is 0.00505. The zero-order chi connectivity index (χ0) is 55.0. The molecular formula is C70H133NO5. The molecule has 0 aliphatic rings. The van der Waals surface area contributed by atoms with Gasteiger partial charge < -0.3 is 20.3 Å². The van der Waals surface area contributed by atoms with Gasteiger partial charge in [0, 0.05) is 12.8 Å². The lowest BCUT2D eigenvalue weighted by Gasteiger charge is -2.22. The Hall–Kier alpha value is -1.92. The molecule has 0 spiro atoms. The first-order valence-electron chi connectivity index (χ1n) is 34.2. The summed E-state index contributed by atoms with van der Waals surface area (Å²) in [6, 6.07) is -0.548. The highest BCUT2D eigenvalue weighted by atomic mass is 16.5. The normalized spacial score (nSPS) is 12.7. The van der Waals surface area contributed by atoms with Crippen LogP contribution in [0.3, 0.4) is 0 Å². The van der Waals surface area contributed by atoms with E-state index in [1.54, 1.807) is 0 Å². The summed E-state index contributed by atoms with van der Waals surface area (Å²) >= 11 is 0. The van der Waals surface area contributed by atoms with E-state index in [1.807, 2.05) is 0 Å². The smallest absolute Gasteiger partial charge is 0.305 e. The van der Waals surface area contributed by atoms with Crippen molar-refractivity contribution in [2.45, 2.75) is 386 Å². The van der Waals surface area contributed by atoms with Gasteiger partial charge in [-0.1, -0.05) is 314 Å². The highest BCUT2D eigenvalue weighted by molar-refractivity contribution is 5.76. The van der Waals surface area contributed by atoms with Crippen molar-refractivity contribution in [2.24, 2.45) is 0 Å². The third-order valence-corrected chi connectivity index (χ3v) is 15.9. The Bertz CT molecular complexity index is 1230. The topological polar surface area (TPSA) is 95.9 Å². The van der Waals surface area contributed by atoms with Crippen LogP contribution >= 0.6 is 0 Å². The highest BCUT2D eigenvalue weighted by Gasteiger charge is 2.20. The molecule has 6 heteroatoms. The molecule has 0 aliphatic heterocycles. The lowest BCUT2D eigenvalue weighted by atomic mass is 10.0. The molecule has 2 atom stereocenters. The van der Waals surface area contributed by atoms with Gasteiger partial charge in [-0.05, 0) is 83.5 Å². The zero-order valence-electron chi connectivity index (χ0n) is 51.3. The van der Waals surface area contributed by atoms with E-state index < -0.39 is 12.1 Å². The molecule has 0 fully saturated rings. The quantitative estimate of drug-likeness (QED) is 0.0320. The molecule has 0 radical (unpaired) electrons. The predicted octanol–water partition coefficient (Wildman–Crippen LogP) is 21.9. The number of aliphatic hydroxyl groups excluding tert-OH is 2. The molecule has 0 aliphatic carbocycles. The summed E-state index contributed by atoms with van der Waals surface area (Å²) in [5, 5.41) is 23.4. The molecule has 0 rings (SSSR count). The molecule has 0 bridgehead atoms. The maximum atomic E-state index is 12.5. The SMILES string of the molecule is CCCCC/C=C\C/C=C\CCCCCCCCCCCC(=O)OCCCCCCCCCCCC/C=C\CCCCCCCCCC(=O)NC(CO)C(O)CCCCCCCCCCCCCCCCCCCCC. The van der Waals surface area contributed by atoms with Gasteiger partial charge in [0.1, 0.15) is 0 Å². The molecule has 0 aromatic rings. The number of aliphatic hydroxyl groups is 2. The fraction of sp³-hybridized carbons (Fsp3) is 0.886. The summed E-state index contributed by atoms with van der Waals surface area (Å²) in [7, 11) is 0. The summed E-state index contributed by atoms with van der Waals surface area (Å²) < 4.78 is 5.50. The molecule has 448 valence electrons. The summed E-state index contributed by atoms with van der Waals surface area (Å²) in [6.07, 6.45) is 83.1. The van der Waals surface area contributed by atoms with Gasteiger partial charge in [0.05, 0.1) is 25.4 Å². The van der Waals surface area contributed by atoms with E-state index in [9.17, 15) is 19.8 Å². The van der Waals surface area contributed by atoms with Gasteiger partial charge in [-0.15, -0.1) is 0 Å². The minimum Gasteiger partial charge on any atom is -0.466 e. The molecule has 1 amide bonds. The summed E-state index contributed by atoms with van der Waals surface area (Å²) in [5.41, 5.74) is 0. The molecule has 0 heterocycles. The first-order chi connectivity index (χ1) is 37.5. The van der Waals surface area contributed by atoms with Crippen LogP contribution in [0.1, 0.15) is 373 Å². The maximum absolute atomic E-state index is 12.5. The van der Waals surface area contributed by atoms with E-state index in [4.69, 9.17) is 4.74 Å². The zero-order valence-corrected chi connectivity index (χ0v) is 51.3. The van der Waals surface area contributed by atoms with Crippen LogP contribution in [0.4, 0.5) is 0 Å². The van der Waals surface area contributed by atoms with Crippen LogP contribution in [0.5, 0.6) is 0 Å². The van der Waals surface area contributed by atoms with Crippen molar-refractivity contribution in [3.8, 4) is 0 Å². The fourth-order valence-electron chi connectivity index (χ4n) is 10.7. The molecule has 0 saturated carbocycles. The number of carbonyl (C=O) groups is 2. The summed E-state index contributed by atoms with van der Waals surface area (Å²) in [4.78, 5) is 24.6. The second kappa shape index (κ2) is 65.6. The predicted molar refractivity (Wildman–Crippen MR) is 333 cm³/mol. The largest absolute Gasteiger partial charge is 0.466 e. The van der Waals surface area contributed by atoms with Crippen molar-refractivity contribution in [1.29, 1.82) is 0 Å². The van der Waals surface area contributed by atoms with E-state index >= 15 is 0 Å². The molecule has 0 aromatic heterocycles. The van der Waals surface area contributed by atoms with Gasteiger partial charge in [0.25, 0.3) is 0 Å². The molecule has 3 N–H and O–H groups in total. The Morgan fingerprint density at radius 1 is 0.368 bits per heavy atom. The number of hydrogen-bond acceptors (Lipinski definition) is 5.